The number of esters is 1. The molecule has 0 aliphatic heterocycles. The van der Waals surface area contributed by atoms with Crippen LogP contribution in [-0.2, 0) is 4.74 Å². The molecule has 0 amide bonds. The number of nitrogens with one attached hydrogen (secondary N) is 1. The van der Waals surface area contributed by atoms with Crippen LogP contribution in [0.4, 0.5) is 20.3 Å². The Balaban J connectivity index is 2.82. The second-order valence-corrected chi connectivity index (χ2v) is 3.15. The lowest BCUT2D eigenvalue weighted by atomic mass is 10.2. The molecule has 1 aromatic heterocycles. The molecular weight excluding hydrogens is 232 g/mol. The number of nitrogens with zero attached hydrogens (tertiary/aromatic N) is 1. The zero-order valence-corrected chi connectivity index (χ0v) is 9.24. The summed E-state index contributed by atoms with van der Waals surface area (Å²) >= 11 is 0. The fraction of sp³-hybridized carbons (Fsp3) is 0.400. The van der Waals surface area contributed by atoms with E-state index in [4.69, 9.17) is 10.5 Å². The number of carbonyl (C=O) groups is 1. The number of aromatic nitrogens is 1. The fourth-order valence-corrected chi connectivity index (χ4v) is 1.13. The molecule has 0 aromatic carbocycles. The maximum absolute atomic E-state index is 12.0. The van der Waals surface area contributed by atoms with Gasteiger partial charge in [-0.2, -0.15) is 0 Å². The summed E-state index contributed by atoms with van der Waals surface area (Å²) in [6.45, 7) is 1.32. The van der Waals surface area contributed by atoms with Gasteiger partial charge in [0, 0.05) is 0 Å². The molecule has 0 bridgehead atoms. The van der Waals surface area contributed by atoms with E-state index in [1.165, 1.54) is 12.3 Å². The lowest BCUT2D eigenvalue weighted by molar-refractivity contribution is 0.0527. The van der Waals surface area contributed by atoms with E-state index >= 15 is 0 Å². The van der Waals surface area contributed by atoms with E-state index in [0.29, 0.717) is 0 Å². The molecule has 0 aliphatic carbocycles. The van der Waals surface area contributed by atoms with Crippen molar-refractivity contribution in [2.24, 2.45) is 0 Å². The van der Waals surface area contributed by atoms with Gasteiger partial charge in [-0.3, -0.25) is 0 Å². The molecule has 1 heterocycles. The Bertz CT molecular complexity index is 399. The highest BCUT2D eigenvalue weighted by Crippen LogP contribution is 2.16. The summed E-state index contributed by atoms with van der Waals surface area (Å²) in [4.78, 5) is 15.2. The van der Waals surface area contributed by atoms with E-state index in [9.17, 15) is 13.6 Å². The summed E-state index contributed by atoms with van der Waals surface area (Å²) in [5.74, 6) is -0.449. The van der Waals surface area contributed by atoms with Crippen molar-refractivity contribution in [2.45, 2.75) is 13.3 Å². The SMILES string of the molecule is CCOC(=O)c1cc(NCC(F)F)ncc1N. The van der Waals surface area contributed by atoms with Crippen LogP contribution in [0.15, 0.2) is 12.3 Å². The van der Waals surface area contributed by atoms with Gasteiger partial charge in [0.25, 0.3) is 6.43 Å². The summed E-state index contributed by atoms with van der Waals surface area (Å²) in [6.07, 6.45) is -1.28. The first-order chi connectivity index (χ1) is 8.04. The predicted molar refractivity (Wildman–Crippen MR) is 59.1 cm³/mol. The average Bonchev–Trinajstić information content (AvgIpc) is 2.28. The number of hydrogen-bond donors (Lipinski definition) is 2. The average molecular weight is 245 g/mol. The third-order valence-electron chi connectivity index (χ3n) is 1.87. The van der Waals surface area contributed by atoms with Crippen molar-refractivity contribution in [1.29, 1.82) is 0 Å². The van der Waals surface area contributed by atoms with E-state index < -0.39 is 18.9 Å². The maximum atomic E-state index is 12.0. The van der Waals surface area contributed by atoms with Crippen molar-refractivity contribution in [2.75, 3.05) is 24.2 Å². The first-order valence-corrected chi connectivity index (χ1v) is 4.99. The minimum Gasteiger partial charge on any atom is -0.462 e. The molecule has 0 spiro atoms. The number of halogens is 2. The summed E-state index contributed by atoms with van der Waals surface area (Å²) in [7, 11) is 0. The summed E-state index contributed by atoms with van der Waals surface area (Å²) in [5, 5.41) is 2.38. The van der Waals surface area contributed by atoms with Gasteiger partial charge in [0.1, 0.15) is 5.82 Å². The van der Waals surface area contributed by atoms with Gasteiger partial charge in [-0.25, -0.2) is 18.6 Å². The molecule has 0 radical (unpaired) electrons. The number of anilines is 2. The van der Waals surface area contributed by atoms with Gasteiger partial charge >= 0.3 is 5.97 Å². The highest BCUT2D eigenvalue weighted by molar-refractivity contribution is 5.95. The number of alkyl halides is 2. The Morgan fingerprint density at radius 2 is 2.35 bits per heavy atom. The Labute approximate surface area is 97.0 Å². The summed E-state index contributed by atoms with van der Waals surface area (Å²) in [5.41, 5.74) is 5.79. The van der Waals surface area contributed by atoms with Crippen molar-refractivity contribution < 1.29 is 18.3 Å². The van der Waals surface area contributed by atoms with Crippen molar-refractivity contribution >= 4 is 17.5 Å². The van der Waals surface area contributed by atoms with Crippen molar-refractivity contribution in [3.8, 4) is 0 Å². The Kier molecular flexibility index (Phi) is 4.62. The van der Waals surface area contributed by atoms with Crippen molar-refractivity contribution in [3.63, 3.8) is 0 Å². The molecule has 17 heavy (non-hydrogen) atoms. The first kappa shape index (κ1) is 13.1. The van der Waals surface area contributed by atoms with Crippen LogP contribution in [0.3, 0.4) is 0 Å². The van der Waals surface area contributed by atoms with Gasteiger partial charge in [0.15, 0.2) is 0 Å². The van der Waals surface area contributed by atoms with E-state index in [2.05, 4.69) is 10.3 Å². The van der Waals surface area contributed by atoms with Crippen molar-refractivity contribution in [1.82, 2.24) is 4.98 Å². The smallest absolute Gasteiger partial charge is 0.340 e. The zero-order chi connectivity index (χ0) is 12.8. The third kappa shape index (κ3) is 3.86. The maximum Gasteiger partial charge on any atom is 0.340 e. The molecule has 0 unspecified atom stereocenters. The molecule has 3 N–H and O–H groups in total. The summed E-state index contributed by atoms with van der Waals surface area (Å²) < 4.78 is 28.7. The number of rotatable bonds is 5. The molecular formula is C10H13F2N3O2. The molecule has 94 valence electrons. The molecule has 0 aliphatic rings. The minimum atomic E-state index is -2.50. The van der Waals surface area contributed by atoms with E-state index in [1.807, 2.05) is 0 Å². The lowest BCUT2D eigenvalue weighted by Gasteiger charge is -2.08. The number of pyridine rings is 1. The monoisotopic (exact) mass is 245 g/mol. The fourth-order valence-electron chi connectivity index (χ4n) is 1.13. The van der Waals surface area contributed by atoms with Crippen LogP contribution in [-0.4, -0.2) is 30.5 Å². The Morgan fingerprint density at radius 1 is 1.65 bits per heavy atom. The minimum absolute atomic E-state index is 0.110. The van der Waals surface area contributed by atoms with Gasteiger partial charge in [-0.05, 0) is 13.0 Å². The van der Waals surface area contributed by atoms with E-state index in [0.717, 1.165) is 0 Å². The Hall–Kier alpha value is -1.92. The molecule has 0 saturated carbocycles. The van der Waals surface area contributed by atoms with Crippen LogP contribution < -0.4 is 11.1 Å². The topological polar surface area (TPSA) is 77.2 Å². The normalized spacial score (nSPS) is 10.4. The number of nitrogen functional groups attached to an aromatic ring is 1. The van der Waals surface area contributed by atoms with Crippen LogP contribution in [0, 0.1) is 0 Å². The standard InChI is InChI=1S/C10H13F2N3O2/c1-2-17-10(16)6-3-9(14-4-7(6)13)15-5-8(11)12/h3-4,8H,2,5,13H2,1H3,(H,14,15). The van der Waals surface area contributed by atoms with Gasteiger partial charge in [0.2, 0.25) is 0 Å². The van der Waals surface area contributed by atoms with Gasteiger partial charge in [-0.1, -0.05) is 0 Å². The largest absolute Gasteiger partial charge is 0.462 e. The van der Waals surface area contributed by atoms with Gasteiger partial charge in [0.05, 0.1) is 30.6 Å². The van der Waals surface area contributed by atoms with E-state index in [1.54, 1.807) is 6.92 Å². The quantitative estimate of drug-likeness (QED) is 0.769. The number of ether oxygens (including phenoxy) is 1. The Morgan fingerprint density at radius 3 is 2.94 bits per heavy atom. The van der Waals surface area contributed by atoms with Crippen molar-refractivity contribution in [3.05, 3.63) is 17.8 Å². The number of nitrogens with two attached hydrogens (primary N) is 1. The molecule has 1 rings (SSSR count). The van der Waals surface area contributed by atoms with Crippen LogP contribution in [0.2, 0.25) is 0 Å². The highest BCUT2D eigenvalue weighted by Gasteiger charge is 2.13. The van der Waals surface area contributed by atoms with Crippen LogP contribution in [0.5, 0.6) is 0 Å². The molecule has 0 saturated heterocycles. The third-order valence-corrected chi connectivity index (χ3v) is 1.87. The molecule has 7 heteroatoms. The van der Waals surface area contributed by atoms with Crippen LogP contribution in [0.25, 0.3) is 0 Å². The number of carbonyl (C=O) groups excluding carboxylic acids is 1. The lowest BCUT2D eigenvalue weighted by Crippen LogP contribution is -2.13. The highest BCUT2D eigenvalue weighted by atomic mass is 19.3. The van der Waals surface area contributed by atoms with Crippen LogP contribution >= 0.6 is 0 Å². The van der Waals surface area contributed by atoms with Gasteiger partial charge < -0.3 is 15.8 Å². The number of hydrogen-bond acceptors (Lipinski definition) is 5. The molecule has 5 nitrogen and oxygen atoms in total. The summed E-state index contributed by atoms with van der Waals surface area (Å²) in [6, 6.07) is 1.29. The van der Waals surface area contributed by atoms with E-state index in [-0.39, 0.29) is 23.7 Å². The molecule has 0 atom stereocenters. The van der Waals surface area contributed by atoms with Gasteiger partial charge in [-0.15, -0.1) is 0 Å². The second kappa shape index (κ2) is 5.97. The molecule has 0 fully saturated rings. The predicted octanol–water partition coefficient (Wildman–Crippen LogP) is 1.52. The second-order valence-electron chi connectivity index (χ2n) is 3.15. The zero-order valence-electron chi connectivity index (χ0n) is 9.24. The molecule has 1 aromatic rings. The first-order valence-electron chi connectivity index (χ1n) is 4.99. The van der Waals surface area contributed by atoms with Crippen LogP contribution in [0.1, 0.15) is 17.3 Å².